The summed E-state index contributed by atoms with van der Waals surface area (Å²) in [7, 11) is 0. The quantitative estimate of drug-likeness (QED) is 0.838. The number of carbonyl (C=O) groups excluding carboxylic acids is 1. The zero-order valence-electron chi connectivity index (χ0n) is 11.6. The molecule has 20 heavy (non-hydrogen) atoms. The summed E-state index contributed by atoms with van der Waals surface area (Å²) in [4.78, 5) is 14.0. The summed E-state index contributed by atoms with van der Waals surface area (Å²) in [6, 6.07) is 6.18. The van der Waals surface area contributed by atoms with E-state index in [2.05, 4.69) is 10.2 Å². The number of amides is 1. The van der Waals surface area contributed by atoms with Crippen LogP contribution in [0.4, 0.5) is 4.39 Å². The van der Waals surface area contributed by atoms with Crippen LogP contribution < -0.4 is 5.32 Å². The molecule has 0 atom stereocenters. The van der Waals surface area contributed by atoms with E-state index in [4.69, 9.17) is 0 Å². The van der Waals surface area contributed by atoms with Gasteiger partial charge in [-0.2, -0.15) is 0 Å². The minimum Gasteiger partial charge on any atom is -0.351 e. The average Bonchev–Trinajstić information content (AvgIpc) is 2.46. The molecule has 1 amide bonds. The van der Waals surface area contributed by atoms with Crippen LogP contribution in [0.1, 0.15) is 24.8 Å². The smallest absolute Gasteiger partial charge is 0.244 e. The minimum absolute atomic E-state index is 0.133. The highest BCUT2D eigenvalue weighted by molar-refractivity contribution is 5.91. The number of hydrogen-bond acceptors (Lipinski definition) is 2. The highest BCUT2D eigenvalue weighted by Crippen LogP contribution is 2.07. The maximum atomic E-state index is 13.0. The van der Waals surface area contributed by atoms with Gasteiger partial charge in [-0.25, -0.2) is 4.39 Å². The molecule has 4 heteroatoms. The Morgan fingerprint density at radius 2 is 2.10 bits per heavy atom. The van der Waals surface area contributed by atoms with Crippen molar-refractivity contribution in [2.75, 3.05) is 26.2 Å². The van der Waals surface area contributed by atoms with Crippen LogP contribution in [0.25, 0.3) is 6.08 Å². The first kappa shape index (κ1) is 14.7. The summed E-state index contributed by atoms with van der Waals surface area (Å²) in [6.45, 7) is 3.83. The first-order chi connectivity index (χ1) is 9.74. The molecule has 108 valence electrons. The number of piperidine rings is 1. The number of nitrogens with one attached hydrogen (secondary N) is 1. The number of benzene rings is 1. The Morgan fingerprint density at radius 3 is 2.85 bits per heavy atom. The van der Waals surface area contributed by atoms with Crippen molar-refractivity contribution in [3.63, 3.8) is 0 Å². The van der Waals surface area contributed by atoms with Gasteiger partial charge in [0.15, 0.2) is 0 Å². The molecule has 2 rings (SSSR count). The number of carbonyl (C=O) groups is 1. The molecule has 1 saturated heterocycles. The van der Waals surface area contributed by atoms with Gasteiger partial charge < -0.3 is 10.2 Å². The summed E-state index contributed by atoms with van der Waals surface area (Å²) < 4.78 is 13.0. The molecule has 1 N–H and O–H groups in total. The maximum Gasteiger partial charge on any atom is 0.244 e. The second-order valence-corrected chi connectivity index (χ2v) is 5.08. The summed E-state index contributed by atoms with van der Waals surface area (Å²) in [5, 5.41) is 2.85. The SMILES string of the molecule is O=C(/C=C/c1cccc(F)c1)NCCN1CCCCC1. The van der Waals surface area contributed by atoms with Crippen LogP contribution in [-0.4, -0.2) is 37.0 Å². The van der Waals surface area contributed by atoms with E-state index in [1.54, 1.807) is 18.2 Å². The molecule has 1 heterocycles. The standard InChI is InChI=1S/C16H21FN2O/c17-15-6-4-5-14(13-15)7-8-16(20)18-9-12-19-10-2-1-3-11-19/h4-8,13H,1-3,9-12H2,(H,18,20)/b8-7+. The second-order valence-electron chi connectivity index (χ2n) is 5.08. The van der Waals surface area contributed by atoms with Crippen molar-refractivity contribution < 1.29 is 9.18 Å². The van der Waals surface area contributed by atoms with Crippen molar-refractivity contribution in [1.29, 1.82) is 0 Å². The largest absolute Gasteiger partial charge is 0.351 e. The van der Waals surface area contributed by atoms with Crippen LogP contribution in [0.5, 0.6) is 0 Å². The highest BCUT2D eigenvalue weighted by atomic mass is 19.1. The lowest BCUT2D eigenvalue weighted by Gasteiger charge is -2.26. The predicted octanol–water partition coefficient (Wildman–Crippen LogP) is 2.44. The Kier molecular flexibility index (Phi) is 5.74. The van der Waals surface area contributed by atoms with Gasteiger partial charge in [0.25, 0.3) is 0 Å². The number of rotatable bonds is 5. The van der Waals surface area contributed by atoms with Crippen molar-refractivity contribution in [3.8, 4) is 0 Å². The molecule has 0 saturated carbocycles. The van der Waals surface area contributed by atoms with Gasteiger partial charge in [0.2, 0.25) is 5.91 Å². The molecule has 1 aromatic rings. The Bertz CT molecular complexity index is 467. The van der Waals surface area contributed by atoms with Gasteiger partial charge in [0.05, 0.1) is 0 Å². The zero-order valence-corrected chi connectivity index (χ0v) is 11.6. The third kappa shape index (κ3) is 5.13. The third-order valence-electron chi connectivity index (χ3n) is 3.45. The van der Waals surface area contributed by atoms with E-state index in [9.17, 15) is 9.18 Å². The van der Waals surface area contributed by atoms with Crippen LogP contribution in [0.2, 0.25) is 0 Å². The molecule has 0 aliphatic carbocycles. The molecule has 1 aromatic carbocycles. The van der Waals surface area contributed by atoms with E-state index < -0.39 is 0 Å². The molecule has 0 unspecified atom stereocenters. The Balaban J connectivity index is 1.69. The van der Waals surface area contributed by atoms with E-state index >= 15 is 0 Å². The monoisotopic (exact) mass is 276 g/mol. The van der Waals surface area contributed by atoms with Gasteiger partial charge in [0, 0.05) is 19.2 Å². The third-order valence-corrected chi connectivity index (χ3v) is 3.45. The molecule has 0 aromatic heterocycles. The van der Waals surface area contributed by atoms with Crippen LogP contribution >= 0.6 is 0 Å². The van der Waals surface area contributed by atoms with Crippen molar-refractivity contribution >= 4 is 12.0 Å². The topological polar surface area (TPSA) is 32.3 Å². The van der Waals surface area contributed by atoms with Crippen molar-refractivity contribution in [2.45, 2.75) is 19.3 Å². The maximum absolute atomic E-state index is 13.0. The van der Waals surface area contributed by atoms with E-state index in [1.165, 1.54) is 37.5 Å². The molecule has 0 radical (unpaired) electrons. The second kappa shape index (κ2) is 7.80. The van der Waals surface area contributed by atoms with Crippen LogP contribution in [0, 0.1) is 5.82 Å². The fourth-order valence-corrected chi connectivity index (χ4v) is 2.36. The number of nitrogens with zero attached hydrogens (tertiary/aromatic N) is 1. The van der Waals surface area contributed by atoms with Crippen molar-refractivity contribution in [2.24, 2.45) is 0 Å². The van der Waals surface area contributed by atoms with Gasteiger partial charge in [-0.05, 0) is 49.7 Å². The zero-order chi connectivity index (χ0) is 14.2. The Labute approximate surface area is 119 Å². The Morgan fingerprint density at radius 1 is 1.30 bits per heavy atom. The summed E-state index contributed by atoms with van der Waals surface area (Å²) in [5.41, 5.74) is 0.691. The molecule has 1 aliphatic heterocycles. The lowest BCUT2D eigenvalue weighted by molar-refractivity contribution is -0.116. The number of hydrogen-bond donors (Lipinski definition) is 1. The summed E-state index contributed by atoms with van der Waals surface area (Å²) in [5.74, 6) is -0.427. The van der Waals surface area contributed by atoms with Gasteiger partial charge in [-0.15, -0.1) is 0 Å². The van der Waals surface area contributed by atoms with Crippen molar-refractivity contribution in [1.82, 2.24) is 10.2 Å². The molecule has 1 fully saturated rings. The molecule has 1 aliphatic rings. The van der Waals surface area contributed by atoms with Gasteiger partial charge in [-0.1, -0.05) is 18.6 Å². The molecule has 3 nitrogen and oxygen atoms in total. The Hall–Kier alpha value is -1.68. The van der Waals surface area contributed by atoms with E-state index in [0.29, 0.717) is 12.1 Å². The number of halogens is 1. The average molecular weight is 276 g/mol. The predicted molar refractivity (Wildman–Crippen MR) is 78.7 cm³/mol. The molecule has 0 spiro atoms. The van der Waals surface area contributed by atoms with E-state index in [0.717, 1.165) is 19.6 Å². The van der Waals surface area contributed by atoms with Crippen molar-refractivity contribution in [3.05, 3.63) is 41.7 Å². The van der Waals surface area contributed by atoms with E-state index in [1.807, 2.05) is 0 Å². The minimum atomic E-state index is -0.294. The van der Waals surface area contributed by atoms with Gasteiger partial charge in [-0.3, -0.25) is 4.79 Å². The normalized spacial score (nSPS) is 16.4. The van der Waals surface area contributed by atoms with Crippen LogP contribution in [0.3, 0.4) is 0 Å². The first-order valence-electron chi connectivity index (χ1n) is 7.18. The lowest BCUT2D eigenvalue weighted by atomic mass is 10.1. The fourth-order valence-electron chi connectivity index (χ4n) is 2.36. The van der Waals surface area contributed by atoms with Crippen LogP contribution in [0.15, 0.2) is 30.3 Å². The number of likely N-dealkylation sites (tertiary alicyclic amines) is 1. The molecule has 0 bridgehead atoms. The van der Waals surface area contributed by atoms with Gasteiger partial charge >= 0.3 is 0 Å². The lowest BCUT2D eigenvalue weighted by Crippen LogP contribution is -2.37. The molecular formula is C16H21FN2O. The highest BCUT2D eigenvalue weighted by Gasteiger charge is 2.09. The van der Waals surface area contributed by atoms with Crippen LogP contribution in [-0.2, 0) is 4.79 Å². The summed E-state index contributed by atoms with van der Waals surface area (Å²) >= 11 is 0. The molecular weight excluding hydrogens is 255 g/mol. The fraction of sp³-hybridized carbons (Fsp3) is 0.438. The van der Waals surface area contributed by atoms with E-state index in [-0.39, 0.29) is 11.7 Å². The summed E-state index contributed by atoms with van der Waals surface area (Å²) in [6.07, 6.45) is 6.91. The van der Waals surface area contributed by atoms with Gasteiger partial charge in [0.1, 0.15) is 5.82 Å². The first-order valence-corrected chi connectivity index (χ1v) is 7.18.